The molecular formula is C11H12ClNOS. The minimum Gasteiger partial charge on any atom is -0.497 e. The van der Waals surface area contributed by atoms with Gasteiger partial charge in [-0.05, 0) is 31.2 Å². The summed E-state index contributed by atoms with van der Waals surface area (Å²) < 4.78 is 6.35. The van der Waals surface area contributed by atoms with Crippen LogP contribution >= 0.6 is 22.9 Å². The molecule has 2 aromatic rings. The fourth-order valence-electron chi connectivity index (χ4n) is 1.52. The van der Waals surface area contributed by atoms with Crippen LogP contribution in [0.5, 0.6) is 5.75 Å². The first-order chi connectivity index (χ1) is 7.26. The fourth-order valence-corrected chi connectivity index (χ4v) is 3.03. The Morgan fingerprint density at radius 3 is 2.93 bits per heavy atom. The SMILES string of the molecule is COc1ccc2sc(CCN)c(Cl)c2c1. The van der Waals surface area contributed by atoms with Gasteiger partial charge in [-0.1, -0.05) is 11.6 Å². The molecule has 0 radical (unpaired) electrons. The highest BCUT2D eigenvalue weighted by molar-refractivity contribution is 7.19. The number of benzene rings is 1. The third-order valence-corrected chi connectivity index (χ3v) is 4.05. The van der Waals surface area contributed by atoms with Gasteiger partial charge in [0.05, 0.1) is 12.1 Å². The third-order valence-electron chi connectivity index (χ3n) is 2.27. The largest absolute Gasteiger partial charge is 0.497 e. The van der Waals surface area contributed by atoms with Gasteiger partial charge in [0.15, 0.2) is 0 Å². The van der Waals surface area contributed by atoms with E-state index in [4.69, 9.17) is 22.1 Å². The van der Waals surface area contributed by atoms with Crippen molar-refractivity contribution >= 4 is 33.0 Å². The maximum atomic E-state index is 6.26. The summed E-state index contributed by atoms with van der Waals surface area (Å²) in [4.78, 5) is 1.16. The summed E-state index contributed by atoms with van der Waals surface area (Å²) in [6, 6.07) is 5.94. The summed E-state index contributed by atoms with van der Waals surface area (Å²) in [6.07, 6.45) is 0.834. The molecule has 0 amide bonds. The van der Waals surface area contributed by atoms with E-state index in [9.17, 15) is 0 Å². The molecule has 2 rings (SSSR count). The molecule has 1 aromatic carbocycles. The van der Waals surface area contributed by atoms with E-state index < -0.39 is 0 Å². The minimum atomic E-state index is 0.629. The molecule has 0 saturated heterocycles. The molecule has 0 atom stereocenters. The minimum absolute atomic E-state index is 0.629. The molecule has 4 heteroatoms. The summed E-state index contributed by atoms with van der Waals surface area (Å²) in [7, 11) is 1.65. The van der Waals surface area contributed by atoms with Crippen molar-refractivity contribution < 1.29 is 4.74 Å². The van der Waals surface area contributed by atoms with E-state index in [1.165, 1.54) is 4.70 Å². The summed E-state index contributed by atoms with van der Waals surface area (Å²) in [5.41, 5.74) is 5.53. The summed E-state index contributed by atoms with van der Waals surface area (Å²) in [5.74, 6) is 0.835. The highest BCUT2D eigenvalue weighted by Crippen LogP contribution is 2.37. The Bertz CT molecular complexity index is 481. The van der Waals surface area contributed by atoms with Crippen LogP contribution in [-0.2, 0) is 6.42 Å². The van der Waals surface area contributed by atoms with E-state index in [-0.39, 0.29) is 0 Å². The second-order valence-electron chi connectivity index (χ2n) is 3.24. The van der Waals surface area contributed by atoms with Gasteiger partial charge in [-0.2, -0.15) is 0 Å². The van der Waals surface area contributed by atoms with E-state index >= 15 is 0 Å². The molecule has 1 aromatic heterocycles. The Morgan fingerprint density at radius 1 is 1.47 bits per heavy atom. The summed E-state index contributed by atoms with van der Waals surface area (Å²) in [6.45, 7) is 0.629. The molecule has 1 heterocycles. The Balaban J connectivity index is 2.56. The second-order valence-corrected chi connectivity index (χ2v) is 4.75. The molecule has 0 aliphatic heterocycles. The van der Waals surface area contributed by atoms with Crippen molar-refractivity contribution in [3.8, 4) is 5.75 Å². The molecule has 2 N–H and O–H groups in total. The van der Waals surface area contributed by atoms with Gasteiger partial charge in [0, 0.05) is 15.0 Å². The van der Waals surface area contributed by atoms with Gasteiger partial charge in [-0.15, -0.1) is 11.3 Å². The van der Waals surface area contributed by atoms with E-state index in [1.807, 2.05) is 18.2 Å². The lowest BCUT2D eigenvalue weighted by Gasteiger charge is -1.98. The zero-order valence-electron chi connectivity index (χ0n) is 8.42. The number of methoxy groups -OCH3 is 1. The molecule has 0 bridgehead atoms. The van der Waals surface area contributed by atoms with Gasteiger partial charge in [0.2, 0.25) is 0 Å². The van der Waals surface area contributed by atoms with Crippen molar-refractivity contribution in [1.29, 1.82) is 0 Å². The molecule has 0 unspecified atom stereocenters. The fraction of sp³-hybridized carbons (Fsp3) is 0.273. The first kappa shape index (κ1) is 10.7. The van der Waals surface area contributed by atoms with Crippen LogP contribution in [0.25, 0.3) is 10.1 Å². The average molecular weight is 242 g/mol. The number of nitrogens with two attached hydrogens (primary N) is 1. The first-order valence-electron chi connectivity index (χ1n) is 4.71. The Labute approximate surface area is 97.6 Å². The third kappa shape index (κ3) is 1.95. The van der Waals surface area contributed by atoms with Crippen LogP contribution in [-0.4, -0.2) is 13.7 Å². The van der Waals surface area contributed by atoms with Crippen LogP contribution in [0.15, 0.2) is 18.2 Å². The molecule has 2 nitrogen and oxygen atoms in total. The number of hydrogen-bond donors (Lipinski definition) is 1. The smallest absolute Gasteiger partial charge is 0.119 e. The summed E-state index contributed by atoms with van der Waals surface area (Å²) >= 11 is 7.96. The predicted octanol–water partition coefficient (Wildman–Crippen LogP) is 3.06. The van der Waals surface area contributed by atoms with Gasteiger partial charge in [0.25, 0.3) is 0 Å². The first-order valence-corrected chi connectivity index (χ1v) is 5.90. The van der Waals surface area contributed by atoms with Crippen molar-refractivity contribution in [1.82, 2.24) is 0 Å². The number of rotatable bonds is 3. The van der Waals surface area contributed by atoms with E-state index in [2.05, 4.69) is 0 Å². The van der Waals surface area contributed by atoms with E-state index in [0.29, 0.717) is 6.54 Å². The van der Waals surface area contributed by atoms with Crippen molar-refractivity contribution in [2.45, 2.75) is 6.42 Å². The van der Waals surface area contributed by atoms with Crippen LogP contribution in [0.4, 0.5) is 0 Å². The molecule has 0 aliphatic rings. The zero-order valence-corrected chi connectivity index (χ0v) is 9.99. The Hall–Kier alpha value is -0.770. The van der Waals surface area contributed by atoms with E-state index in [1.54, 1.807) is 18.4 Å². The zero-order chi connectivity index (χ0) is 10.8. The van der Waals surface area contributed by atoms with Crippen LogP contribution in [0.2, 0.25) is 5.02 Å². The maximum Gasteiger partial charge on any atom is 0.119 e. The van der Waals surface area contributed by atoms with Crippen LogP contribution in [0, 0.1) is 0 Å². The lowest BCUT2D eigenvalue weighted by Crippen LogP contribution is -2.01. The lowest BCUT2D eigenvalue weighted by atomic mass is 10.2. The summed E-state index contributed by atoms with van der Waals surface area (Å²) in [5, 5.41) is 1.88. The second kappa shape index (κ2) is 4.39. The Morgan fingerprint density at radius 2 is 2.27 bits per heavy atom. The average Bonchev–Trinajstić information content (AvgIpc) is 2.56. The van der Waals surface area contributed by atoms with E-state index in [0.717, 1.165) is 27.5 Å². The normalized spacial score (nSPS) is 10.9. The van der Waals surface area contributed by atoms with Gasteiger partial charge in [-0.25, -0.2) is 0 Å². The molecule has 80 valence electrons. The monoisotopic (exact) mass is 241 g/mol. The number of halogens is 1. The Kier molecular flexibility index (Phi) is 3.14. The maximum absolute atomic E-state index is 6.26. The standard InChI is InChI=1S/C11H12ClNOS/c1-14-7-2-3-9-8(6-7)11(12)10(15-9)4-5-13/h2-3,6H,4-5,13H2,1H3. The van der Waals surface area contributed by atoms with Gasteiger partial charge < -0.3 is 10.5 Å². The van der Waals surface area contributed by atoms with Gasteiger partial charge >= 0.3 is 0 Å². The van der Waals surface area contributed by atoms with Gasteiger partial charge in [0.1, 0.15) is 5.75 Å². The number of ether oxygens (including phenoxy) is 1. The lowest BCUT2D eigenvalue weighted by molar-refractivity contribution is 0.415. The molecule has 0 aliphatic carbocycles. The van der Waals surface area contributed by atoms with Crippen molar-refractivity contribution in [2.75, 3.05) is 13.7 Å². The molecule has 0 spiro atoms. The number of fused-ring (bicyclic) bond motifs is 1. The molecule has 0 saturated carbocycles. The van der Waals surface area contributed by atoms with Crippen molar-refractivity contribution in [3.05, 3.63) is 28.1 Å². The molecule has 0 fully saturated rings. The van der Waals surface area contributed by atoms with Crippen LogP contribution in [0.3, 0.4) is 0 Å². The number of hydrogen-bond acceptors (Lipinski definition) is 3. The highest BCUT2D eigenvalue weighted by Gasteiger charge is 2.10. The molecule has 15 heavy (non-hydrogen) atoms. The van der Waals surface area contributed by atoms with Crippen LogP contribution in [0.1, 0.15) is 4.88 Å². The van der Waals surface area contributed by atoms with Crippen LogP contribution < -0.4 is 10.5 Å². The van der Waals surface area contributed by atoms with Crippen molar-refractivity contribution in [3.63, 3.8) is 0 Å². The predicted molar refractivity (Wildman–Crippen MR) is 66.1 cm³/mol. The van der Waals surface area contributed by atoms with Gasteiger partial charge in [-0.3, -0.25) is 0 Å². The quantitative estimate of drug-likeness (QED) is 0.897. The highest BCUT2D eigenvalue weighted by atomic mass is 35.5. The van der Waals surface area contributed by atoms with Crippen molar-refractivity contribution in [2.24, 2.45) is 5.73 Å². The molecular weight excluding hydrogens is 230 g/mol. The topological polar surface area (TPSA) is 35.2 Å². The number of thiophene rings is 1.